The number of nitrogens with zero attached hydrogens (tertiary/aromatic N) is 2. The smallest absolute Gasteiger partial charge is 0.324 e. The summed E-state index contributed by atoms with van der Waals surface area (Å²) in [6.07, 6.45) is 4.45. The van der Waals surface area contributed by atoms with Crippen LogP contribution in [0.25, 0.3) is 0 Å². The molecule has 3 heteroatoms. The number of hydrogen-bond acceptors (Lipinski definition) is 1. The molecule has 0 N–H and O–H groups in total. The largest absolute Gasteiger partial charge is 0.324 e. The highest BCUT2D eigenvalue weighted by Gasteiger charge is 2.28. The summed E-state index contributed by atoms with van der Waals surface area (Å²) in [7, 11) is 0. The molecule has 1 aromatic carbocycles. The highest BCUT2D eigenvalue weighted by atomic mass is 16.2. The number of amides is 2. The number of fused-ring (bicyclic) bond motifs is 1. The van der Waals surface area contributed by atoms with Crippen LogP contribution in [-0.2, 0) is 6.42 Å². The van der Waals surface area contributed by atoms with Crippen molar-refractivity contribution in [2.24, 2.45) is 5.92 Å². The molecule has 0 radical (unpaired) electrons. The molecule has 2 heterocycles. The van der Waals surface area contributed by atoms with E-state index in [-0.39, 0.29) is 6.03 Å². The SMILES string of the molecule is Cc1ccc2c(c1)CCCN2C(=O)N1CCC(C)CC1. The summed E-state index contributed by atoms with van der Waals surface area (Å²) in [6, 6.07) is 6.67. The standard InChI is InChI=1S/C17H24N2O/c1-13-7-10-18(11-8-13)17(20)19-9-3-4-15-12-14(2)5-6-16(15)19/h5-6,12-13H,3-4,7-11H2,1-2H3. The minimum Gasteiger partial charge on any atom is -0.324 e. The first-order chi connectivity index (χ1) is 9.65. The number of rotatable bonds is 0. The van der Waals surface area contributed by atoms with Gasteiger partial charge in [-0.1, -0.05) is 24.6 Å². The molecule has 1 fully saturated rings. The molecule has 1 saturated heterocycles. The predicted molar refractivity (Wildman–Crippen MR) is 82.2 cm³/mol. The van der Waals surface area contributed by atoms with Crippen LogP contribution in [0.1, 0.15) is 37.3 Å². The fourth-order valence-corrected chi connectivity index (χ4v) is 3.30. The number of hydrogen-bond donors (Lipinski definition) is 0. The maximum absolute atomic E-state index is 12.8. The zero-order valence-corrected chi connectivity index (χ0v) is 12.6. The molecule has 0 spiro atoms. The lowest BCUT2D eigenvalue weighted by Crippen LogP contribution is -2.48. The van der Waals surface area contributed by atoms with E-state index >= 15 is 0 Å². The summed E-state index contributed by atoms with van der Waals surface area (Å²) in [4.78, 5) is 16.8. The molecule has 3 nitrogen and oxygen atoms in total. The second-order valence-electron chi connectivity index (χ2n) is 6.34. The number of aryl methyl sites for hydroxylation is 2. The van der Waals surface area contributed by atoms with E-state index in [1.54, 1.807) is 0 Å². The molecule has 1 aromatic rings. The summed E-state index contributed by atoms with van der Waals surface area (Å²) < 4.78 is 0. The van der Waals surface area contributed by atoms with Crippen LogP contribution in [0.3, 0.4) is 0 Å². The zero-order valence-electron chi connectivity index (χ0n) is 12.6. The lowest BCUT2D eigenvalue weighted by Gasteiger charge is -2.37. The van der Waals surface area contributed by atoms with Crippen molar-refractivity contribution in [3.8, 4) is 0 Å². The molecule has 20 heavy (non-hydrogen) atoms. The number of carbonyl (C=O) groups excluding carboxylic acids is 1. The molecule has 0 bridgehead atoms. The third kappa shape index (κ3) is 2.54. The fraction of sp³-hybridized carbons (Fsp3) is 0.588. The number of benzene rings is 1. The first-order valence-electron chi connectivity index (χ1n) is 7.81. The Balaban J connectivity index is 1.80. The molecule has 0 aliphatic carbocycles. The van der Waals surface area contributed by atoms with Crippen molar-refractivity contribution < 1.29 is 4.79 Å². The third-order valence-corrected chi connectivity index (χ3v) is 4.64. The summed E-state index contributed by atoms with van der Waals surface area (Å²) >= 11 is 0. The zero-order chi connectivity index (χ0) is 14.1. The number of likely N-dealkylation sites (tertiary alicyclic amines) is 1. The van der Waals surface area contributed by atoms with Crippen molar-refractivity contribution in [2.75, 3.05) is 24.5 Å². The Morgan fingerprint density at radius 1 is 1.20 bits per heavy atom. The van der Waals surface area contributed by atoms with Gasteiger partial charge >= 0.3 is 6.03 Å². The summed E-state index contributed by atoms with van der Waals surface area (Å²) in [6.45, 7) is 7.09. The predicted octanol–water partition coefficient (Wildman–Crippen LogP) is 3.60. The van der Waals surface area contributed by atoms with Crippen LogP contribution in [0.5, 0.6) is 0 Å². The minimum absolute atomic E-state index is 0.210. The third-order valence-electron chi connectivity index (χ3n) is 4.64. The van der Waals surface area contributed by atoms with Crippen LogP contribution in [0, 0.1) is 12.8 Å². The molecule has 2 aliphatic rings. The van der Waals surface area contributed by atoms with Gasteiger partial charge < -0.3 is 4.90 Å². The van der Waals surface area contributed by atoms with E-state index in [1.165, 1.54) is 11.1 Å². The van der Waals surface area contributed by atoms with E-state index in [4.69, 9.17) is 0 Å². The quantitative estimate of drug-likeness (QED) is 0.708. The Labute approximate surface area is 121 Å². The number of piperidine rings is 1. The van der Waals surface area contributed by atoms with Gasteiger partial charge in [0.1, 0.15) is 0 Å². The minimum atomic E-state index is 0.210. The second-order valence-corrected chi connectivity index (χ2v) is 6.34. The van der Waals surface area contributed by atoms with E-state index in [9.17, 15) is 4.79 Å². The number of anilines is 1. The first kappa shape index (κ1) is 13.5. The molecular weight excluding hydrogens is 248 g/mol. The van der Waals surface area contributed by atoms with Gasteiger partial charge in [-0.2, -0.15) is 0 Å². The maximum atomic E-state index is 12.8. The lowest BCUT2D eigenvalue weighted by atomic mass is 9.98. The van der Waals surface area contributed by atoms with Crippen molar-refractivity contribution in [3.05, 3.63) is 29.3 Å². The van der Waals surface area contributed by atoms with E-state index in [0.29, 0.717) is 0 Å². The van der Waals surface area contributed by atoms with Crippen LogP contribution < -0.4 is 4.90 Å². The lowest BCUT2D eigenvalue weighted by molar-refractivity contribution is 0.179. The summed E-state index contributed by atoms with van der Waals surface area (Å²) in [5.74, 6) is 0.760. The molecule has 2 amide bonds. The van der Waals surface area contributed by atoms with Crippen molar-refractivity contribution in [1.82, 2.24) is 4.90 Å². The average Bonchev–Trinajstić information content (AvgIpc) is 2.46. The molecule has 0 atom stereocenters. The van der Waals surface area contributed by atoms with Crippen molar-refractivity contribution >= 4 is 11.7 Å². The Kier molecular flexibility index (Phi) is 3.68. The monoisotopic (exact) mass is 272 g/mol. The van der Waals surface area contributed by atoms with E-state index in [2.05, 4.69) is 32.0 Å². The van der Waals surface area contributed by atoms with Crippen molar-refractivity contribution in [1.29, 1.82) is 0 Å². The second kappa shape index (κ2) is 5.47. The van der Waals surface area contributed by atoms with Gasteiger partial charge in [-0.05, 0) is 50.2 Å². The van der Waals surface area contributed by atoms with Gasteiger partial charge in [-0.25, -0.2) is 4.79 Å². The normalized spacial score (nSPS) is 19.9. The van der Waals surface area contributed by atoms with Crippen LogP contribution in [-0.4, -0.2) is 30.6 Å². The van der Waals surface area contributed by atoms with Gasteiger partial charge in [0, 0.05) is 25.3 Å². The first-order valence-corrected chi connectivity index (χ1v) is 7.81. The molecular formula is C17H24N2O. The van der Waals surface area contributed by atoms with Crippen molar-refractivity contribution in [3.63, 3.8) is 0 Å². The van der Waals surface area contributed by atoms with Gasteiger partial charge in [0.05, 0.1) is 0 Å². The molecule has 108 valence electrons. The molecule has 0 aromatic heterocycles. The van der Waals surface area contributed by atoms with Crippen LogP contribution >= 0.6 is 0 Å². The highest BCUT2D eigenvalue weighted by Crippen LogP contribution is 2.29. The highest BCUT2D eigenvalue weighted by molar-refractivity contribution is 5.93. The van der Waals surface area contributed by atoms with Crippen LogP contribution in [0.15, 0.2) is 18.2 Å². The Hall–Kier alpha value is -1.51. The number of carbonyl (C=O) groups is 1. The number of urea groups is 1. The van der Waals surface area contributed by atoms with Crippen molar-refractivity contribution in [2.45, 2.75) is 39.5 Å². The van der Waals surface area contributed by atoms with E-state index in [1.807, 2.05) is 9.80 Å². The molecule has 2 aliphatic heterocycles. The van der Waals surface area contributed by atoms with Gasteiger partial charge in [0.15, 0.2) is 0 Å². The summed E-state index contributed by atoms with van der Waals surface area (Å²) in [5.41, 5.74) is 3.74. The van der Waals surface area contributed by atoms with Crippen LogP contribution in [0.4, 0.5) is 10.5 Å². The van der Waals surface area contributed by atoms with Crippen LogP contribution in [0.2, 0.25) is 0 Å². The summed E-state index contributed by atoms with van der Waals surface area (Å²) in [5, 5.41) is 0. The Morgan fingerprint density at radius 3 is 2.70 bits per heavy atom. The van der Waals surface area contributed by atoms with E-state index < -0.39 is 0 Å². The van der Waals surface area contributed by atoms with Gasteiger partial charge in [-0.3, -0.25) is 4.90 Å². The molecule has 3 rings (SSSR count). The fourth-order valence-electron chi connectivity index (χ4n) is 3.30. The van der Waals surface area contributed by atoms with E-state index in [0.717, 1.165) is 56.9 Å². The molecule has 0 unspecified atom stereocenters. The van der Waals surface area contributed by atoms with Gasteiger partial charge in [0.2, 0.25) is 0 Å². The Morgan fingerprint density at radius 2 is 1.95 bits per heavy atom. The Bertz CT molecular complexity index is 504. The average molecular weight is 272 g/mol. The van der Waals surface area contributed by atoms with Gasteiger partial charge in [-0.15, -0.1) is 0 Å². The molecule has 0 saturated carbocycles. The topological polar surface area (TPSA) is 23.6 Å². The maximum Gasteiger partial charge on any atom is 0.324 e. The van der Waals surface area contributed by atoms with Gasteiger partial charge in [0.25, 0.3) is 0 Å².